The van der Waals surface area contributed by atoms with Gasteiger partial charge >= 0.3 is 5.97 Å². The van der Waals surface area contributed by atoms with Crippen molar-refractivity contribution in [1.29, 1.82) is 0 Å². The van der Waals surface area contributed by atoms with Crippen molar-refractivity contribution in [3.8, 4) is 5.69 Å². The highest BCUT2D eigenvalue weighted by Crippen LogP contribution is 2.60. The van der Waals surface area contributed by atoms with Crippen molar-refractivity contribution in [3.63, 3.8) is 0 Å². The molecule has 1 amide bonds. The largest absolute Gasteiger partial charge is 0.462 e. The standard InChI is InChI=1S/C27H31N5O3/c1-3-35-26(34)21-15-28-31(2)24(21)29-25(33)22-16-32(20-7-5-4-6-8-20)30-23(22)27-12-17-9-18(13-27)11-19(10-17)14-27/h4-8,15-19H,3,9-14H2,1-2H3,(H,29,33). The first kappa shape index (κ1) is 22.1. The van der Waals surface area contributed by atoms with Crippen LogP contribution in [-0.2, 0) is 17.2 Å². The fraction of sp³-hybridized carbons (Fsp3) is 0.481. The first-order chi connectivity index (χ1) is 17.0. The number of ether oxygens (including phenoxy) is 1. The zero-order chi connectivity index (χ0) is 24.2. The SMILES string of the molecule is CCOC(=O)c1cnn(C)c1NC(=O)c1cn(-c2ccccc2)nc1C12CC3CC(CC(C3)C1)C2. The zero-order valence-electron chi connectivity index (χ0n) is 20.2. The molecule has 0 atom stereocenters. The summed E-state index contributed by atoms with van der Waals surface area (Å²) >= 11 is 0. The molecule has 0 unspecified atom stereocenters. The Kier molecular flexibility index (Phi) is 5.27. The van der Waals surface area contributed by atoms with Crippen molar-refractivity contribution in [1.82, 2.24) is 19.6 Å². The van der Waals surface area contributed by atoms with Gasteiger partial charge in [0.25, 0.3) is 5.91 Å². The normalized spacial score (nSPS) is 26.6. The maximum Gasteiger partial charge on any atom is 0.343 e. The average molecular weight is 474 g/mol. The summed E-state index contributed by atoms with van der Waals surface area (Å²) in [6, 6.07) is 9.92. The van der Waals surface area contributed by atoms with E-state index in [-0.39, 0.29) is 23.5 Å². The molecule has 2 heterocycles. The molecule has 182 valence electrons. The molecule has 1 aromatic carbocycles. The van der Waals surface area contributed by atoms with Crippen LogP contribution in [0.4, 0.5) is 5.82 Å². The van der Waals surface area contributed by atoms with Gasteiger partial charge in [0.2, 0.25) is 0 Å². The first-order valence-corrected chi connectivity index (χ1v) is 12.6. The molecule has 0 radical (unpaired) electrons. The van der Waals surface area contributed by atoms with E-state index in [4.69, 9.17) is 9.84 Å². The molecule has 3 aromatic rings. The monoisotopic (exact) mass is 473 g/mol. The third kappa shape index (κ3) is 3.75. The van der Waals surface area contributed by atoms with Gasteiger partial charge in [-0.3, -0.25) is 9.48 Å². The zero-order valence-corrected chi connectivity index (χ0v) is 20.2. The summed E-state index contributed by atoms with van der Waals surface area (Å²) in [6.07, 6.45) is 10.5. The molecule has 0 spiro atoms. The molecule has 8 heteroatoms. The number of nitrogens with zero attached hydrogens (tertiary/aromatic N) is 4. The summed E-state index contributed by atoms with van der Waals surface area (Å²) in [7, 11) is 1.70. The lowest BCUT2D eigenvalue weighted by Gasteiger charge is -2.56. The number of aromatic nitrogens is 4. The topological polar surface area (TPSA) is 91.0 Å². The van der Waals surface area contributed by atoms with Crippen molar-refractivity contribution in [2.75, 3.05) is 11.9 Å². The number of rotatable bonds is 6. The Bertz CT molecular complexity index is 1240. The molecule has 1 N–H and O–H groups in total. The lowest BCUT2D eigenvalue weighted by molar-refractivity contribution is -0.00765. The Morgan fingerprint density at radius 1 is 1.06 bits per heavy atom. The average Bonchev–Trinajstić information content (AvgIpc) is 3.44. The number of aryl methyl sites for hydroxylation is 1. The summed E-state index contributed by atoms with van der Waals surface area (Å²) in [4.78, 5) is 26.2. The van der Waals surface area contributed by atoms with E-state index in [9.17, 15) is 9.59 Å². The molecule has 8 nitrogen and oxygen atoms in total. The number of benzene rings is 1. The van der Waals surface area contributed by atoms with Crippen LogP contribution in [0.3, 0.4) is 0 Å². The van der Waals surface area contributed by atoms with Crippen LogP contribution in [-0.4, -0.2) is 38.0 Å². The van der Waals surface area contributed by atoms with E-state index < -0.39 is 5.97 Å². The fourth-order valence-corrected chi connectivity index (χ4v) is 7.16. The predicted octanol–water partition coefficient (Wildman–Crippen LogP) is 4.50. The maximum atomic E-state index is 13.8. The first-order valence-electron chi connectivity index (χ1n) is 12.6. The number of nitrogens with one attached hydrogen (secondary N) is 1. The minimum absolute atomic E-state index is 0.0577. The Hall–Kier alpha value is -3.42. The summed E-state index contributed by atoms with van der Waals surface area (Å²) in [5.41, 5.74) is 2.59. The number of anilines is 1. The Morgan fingerprint density at radius 2 is 1.71 bits per heavy atom. The number of para-hydroxylation sites is 1. The highest BCUT2D eigenvalue weighted by molar-refractivity contribution is 6.08. The third-order valence-corrected chi connectivity index (χ3v) is 8.19. The lowest BCUT2D eigenvalue weighted by Crippen LogP contribution is -2.49. The Labute approximate surface area is 204 Å². The lowest BCUT2D eigenvalue weighted by atomic mass is 9.48. The van der Waals surface area contributed by atoms with Gasteiger partial charge in [-0.2, -0.15) is 10.2 Å². The number of carbonyl (C=O) groups excluding carboxylic acids is 2. The van der Waals surface area contributed by atoms with Gasteiger partial charge in [-0.15, -0.1) is 0 Å². The van der Waals surface area contributed by atoms with Crippen LogP contribution >= 0.6 is 0 Å². The highest BCUT2D eigenvalue weighted by atomic mass is 16.5. The van der Waals surface area contributed by atoms with Crippen LogP contribution in [0, 0.1) is 17.8 Å². The van der Waals surface area contributed by atoms with Crippen LogP contribution in [0.5, 0.6) is 0 Å². The molecule has 4 fully saturated rings. The molecule has 7 rings (SSSR count). The summed E-state index contributed by atoms with van der Waals surface area (Å²) in [5.74, 6) is 1.74. The van der Waals surface area contributed by atoms with Crippen LogP contribution in [0.1, 0.15) is 71.9 Å². The van der Waals surface area contributed by atoms with Gasteiger partial charge in [-0.05, 0) is 75.3 Å². The fourth-order valence-electron chi connectivity index (χ4n) is 7.16. The van der Waals surface area contributed by atoms with Gasteiger partial charge in [-0.25, -0.2) is 9.48 Å². The van der Waals surface area contributed by atoms with Gasteiger partial charge < -0.3 is 10.1 Å². The van der Waals surface area contributed by atoms with Gasteiger partial charge in [0.15, 0.2) is 0 Å². The van der Waals surface area contributed by atoms with E-state index >= 15 is 0 Å². The number of hydrogen-bond acceptors (Lipinski definition) is 5. The van der Waals surface area contributed by atoms with E-state index in [1.165, 1.54) is 30.1 Å². The van der Waals surface area contributed by atoms with Crippen molar-refractivity contribution < 1.29 is 14.3 Å². The minimum atomic E-state index is -0.503. The molecular formula is C27H31N5O3. The molecule has 35 heavy (non-hydrogen) atoms. The molecule has 4 aliphatic carbocycles. The Morgan fingerprint density at radius 3 is 2.34 bits per heavy atom. The van der Waals surface area contributed by atoms with Gasteiger partial charge in [0.1, 0.15) is 11.4 Å². The number of carbonyl (C=O) groups is 2. The smallest absolute Gasteiger partial charge is 0.343 e. The second-order valence-electron chi connectivity index (χ2n) is 10.6. The van der Waals surface area contributed by atoms with Crippen LogP contribution < -0.4 is 5.32 Å². The molecule has 4 saturated carbocycles. The van der Waals surface area contributed by atoms with Crippen molar-refractivity contribution >= 4 is 17.7 Å². The van der Waals surface area contributed by atoms with Crippen LogP contribution in [0.25, 0.3) is 5.69 Å². The van der Waals surface area contributed by atoms with Crippen molar-refractivity contribution in [2.24, 2.45) is 24.8 Å². The number of hydrogen-bond donors (Lipinski definition) is 1. The number of esters is 1. The third-order valence-electron chi connectivity index (χ3n) is 8.19. The van der Waals surface area contributed by atoms with E-state index in [0.29, 0.717) is 11.4 Å². The Balaban J connectivity index is 1.40. The summed E-state index contributed by atoms with van der Waals surface area (Å²) in [5, 5.41) is 12.2. The van der Waals surface area contributed by atoms with Gasteiger partial charge in [0.05, 0.1) is 29.7 Å². The van der Waals surface area contributed by atoms with E-state index in [2.05, 4.69) is 10.4 Å². The quantitative estimate of drug-likeness (QED) is 0.532. The molecule has 4 bridgehead atoms. The molecule has 0 saturated heterocycles. The van der Waals surface area contributed by atoms with Crippen molar-refractivity contribution in [2.45, 2.75) is 50.9 Å². The van der Waals surface area contributed by atoms with Crippen molar-refractivity contribution in [3.05, 3.63) is 59.5 Å². The van der Waals surface area contributed by atoms with Gasteiger partial charge in [0, 0.05) is 18.7 Å². The highest BCUT2D eigenvalue weighted by Gasteiger charge is 2.54. The van der Waals surface area contributed by atoms with E-state index in [0.717, 1.165) is 48.4 Å². The molecule has 4 aliphatic rings. The van der Waals surface area contributed by atoms with E-state index in [1.807, 2.05) is 41.2 Å². The summed E-state index contributed by atoms with van der Waals surface area (Å²) in [6.45, 7) is 2.00. The second-order valence-corrected chi connectivity index (χ2v) is 10.6. The van der Waals surface area contributed by atoms with Crippen LogP contribution in [0.15, 0.2) is 42.7 Å². The minimum Gasteiger partial charge on any atom is -0.462 e. The molecule has 2 aromatic heterocycles. The predicted molar refractivity (Wildman–Crippen MR) is 131 cm³/mol. The van der Waals surface area contributed by atoms with Crippen LogP contribution in [0.2, 0.25) is 0 Å². The van der Waals surface area contributed by atoms with Gasteiger partial charge in [-0.1, -0.05) is 18.2 Å². The maximum absolute atomic E-state index is 13.8. The summed E-state index contributed by atoms with van der Waals surface area (Å²) < 4.78 is 8.49. The second kappa shape index (κ2) is 8.36. The molecule has 0 aliphatic heterocycles. The molecular weight excluding hydrogens is 442 g/mol. The number of amides is 1. The van der Waals surface area contributed by atoms with E-state index in [1.54, 1.807) is 14.0 Å².